The van der Waals surface area contributed by atoms with E-state index in [-0.39, 0.29) is 18.2 Å². The maximum atomic E-state index is 12.6. The van der Waals surface area contributed by atoms with Crippen molar-refractivity contribution in [3.63, 3.8) is 0 Å². The van der Waals surface area contributed by atoms with Crippen LogP contribution in [0.15, 0.2) is 66.7 Å². The molecule has 5 heteroatoms. The second-order valence-electron chi connectivity index (χ2n) is 7.72. The summed E-state index contributed by atoms with van der Waals surface area (Å²) in [5, 5.41) is 2.98. The molecule has 0 fully saturated rings. The molecule has 0 radical (unpaired) electrons. The molecular formula is C25H22N2O3. The van der Waals surface area contributed by atoms with Gasteiger partial charge >= 0.3 is 0 Å². The summed E-state index contributed by atoms with van der Waals surface area (Å²) in [6.45, 7) is 2.04. The number of carbonyl (C=O) groups is 2. The second-order valence-corrected chi connectivity index (χ2v) is 7.72. The number of benzene rings is 3. The molecule has 3 aromatic rings. The normalized spacial score (nSPS) is 16.4. The van der Waals surface area contributed by atoms with Gasteiger partial charge in [0, 0.05) is 18.7 Å². The van der Waals surface area contributed by atoms with Gasteiger partial charge in [-0.15, -0.1) is 0 Å². The minimum atomic E-state index is -0.554. The van der Waals surface area contributed by atoms with E-state index in [1.165, 1.54) is 22.3 Å². The number of rotatable bonds is 4. The monoisotopic (exact) mass is 398 g/mol. The standard InChI is InChI=1S/C25H22N2O3/c1-16-25(29)27(22-8-4-5-9-23(22)30-16)13-12-24(28)26-19-10-11-21-18(15-19)14-17-6-2-3-7-20(17)21/h2-11,15-16H,12-14H2,1H3,(H,26,28). The van der Waals surface area contributed by atoms with Crippen molar-refractivity contribution in [1.82, 2.24) is 0 Å². The molecule has 150 valence electrons. The Morgan fingerprint density at radius 2 is 1.80 bits per heavy atom. The van der Waals surface area contributed by atoms with Crippen LogP contribution >= 0.6 is 0 Å². The van der Waals surface area contributed by atoms with Crippen molar-refractivity contribution in [2.45, 2.75) is 25.9 Å². The van der Waals surface area contributed by atoms with Gasteiger partial charge in [0.15, 0.2) is 6.10 Å². The van der Waals surface area contributed by atoms with Gasteiger partial charge in [-0.25, -0.2) is 0 Å². The van der Waals surface area contributed by atoms with E-state index in [0.29, 0.717) is 18.0 Å². The number of para-hydroxylation sites is 2. The molecule has 5 rings (SSSR count). The van der Waals surface area contributed by atoms with Crippen LogP contribution in [0.3, 0.4) is 0 Å². The quantitative estimate of drug-likeness (QED) is 0.554. The van der Waals surface area contributed by atoms with E-state index in [4.69, 9.17) is 4.74 Å². The van der Waals surface area contributed by atoms with Gasteiger partial charge in [-0.1, -0.05) is 42.5 Å². The molecule has 1 aliphatic carbocycles. The van der Waals surface area contributed by atoms with Crippen LogP contribution in [0, 0.1) is 0 Å². The summed E-state index contributed by atoms with van der Waals surface area (Å²) in [5.74, 6) is 0.426. The molecule has 0 saturated heterocycles. The average molecular weight is 398 g/mol. The number of fused-ring (bicyclic) bond motifs is 4. The zero-order valence-corrected chi connectivity index (χ0v) is 16.7. The molecule has 1 heterocycles. The number of nitrogens with zero attached hydrogens (tertiary/aromatic N) is 1. The van der Waals surface area contributed by atoms with Crippen LogP contribution in [0.4, 0.5) is 11.4 Å². The molecule has 0 spiro atoms. The summed E-state index contributed by atoms with van der Waals surface area (Å²) in [5.41, 5.74) is 6.53. The number of hydrogen-bond acceptors (Lipinski definition) is 3. The Balaban J connectivity index is 1.27. The summed E-state index contributed by atoms with van der Waals surface area (Å²) >= 11 is 0. The fourth-order valence-corrected chi connectivity index (χ4v) is 4.25. The van der Waals surface area contributed by atoms with Crippen molar-refractivity contribution >= 4 is 23.2 Å². The van der Waals surface area contributed by atoms with Crippen LogP contribution in [-0.2, 0) is 16.0 Å². The lowest BCUT2D eigenvalue weighted by atomic mass is 10.1. The van der Waals surface area contributed by atoms with Gasteiger partial charge in [0.25, 0.3) is 5.91 Å². The van der Waals surface area contributed by atoms with Crippen molar-refractivity contribution in [2.75, 3.05) is 16.8 Å². The molecule has 1 aliphatic heterocycles. The van der Waals surface area contributed by atoms with E-state index in [9.17, 15) is 9.59 Å². The highest BCUT2D eigenvalue weighted by atomic mass is 16.5. The van der Waals surface area contributed by atoms with Crippen molar-refractivity contribution in [1.29, 1.82) is 0 Å². The number of ether oxygens (including phenoxy) is 1. The highest BCUT2D eigenvalue weighted by Crippen LogP contribution is 2.37. The highest BCUT2D eigenvalue weighted by molar-refractivity contribution is 6.01. The fraction of sp³-hybridized carbons (Fsp3) is 0.200. The Hall–Kier alpha value is -3.60. The third kappa shape index (κ3) is 3.22. The van der Waals surface area contributed by atoms with Gasteiger partial charge in [-0.2, -0.15) is 0 Å². The van der Waals surface area contributed by atoms with E-state index in [0.717, 1.165) is 12.1 Å². The smallest absolute Gasteiger partial charge is 0.267 e. The first-order valence-corrected chi connectivity index (χ1v) is 10.2. The largest absolute Gasteiger partial charge is 0.479 e. The Bertz CT molecular complexity index is 1150. The minimum absolute atomic E-state index is 0.116. The lowest BCUT2D eigenvalue weighted by Crippen LogP contribution is -2.45. The van der Waals surface area contributed by atoms with E-state index in [1.54, 1.807) is 11.8 Å². The fourth-order valence-electron chi connectivity index (χ4n) is 4.25. The number of nitrogens with one attached hydrogen (secondary N) is 1. The van der Waals surface area contributed by atoms with Gasteiger partial charge in [0.2, 0.25) is 5.91 Å². The molecule has 0 saturated carbocycles. The van der Waals surface area contributed by atoms with Crippen LogP contribution in [0.5, 0.6) is 5.75 Å². The first-order chi connectivity index (χ1) is 14.6. The van der Waals surface area contributed by atoms with Crippen LogP contribution in [0.1, 0.15) is 24.5 Å². The van der Waals surface area contributed by atoms with E-state index < -0.39 is 6.10 Å². The zero-order chi connectivity index (χ0) is 20.7. The zero-order valence-electron chi connectivity index (χ0n) is 16.7. The van der Waals surface area contributed by atoms with Gasteiger partial charge < -0.3 is 15.0 Å². The lowest BCUT2D eigenvalue weighted by molar-refractivity contribution is -0.125. The maximum absolute atomic E-state index is 12.6. The Kier molecular flexibility index (Phi) is 4.51. The summed E-state index contributed by atoms with van der Waals surface area (Å²) in [6, 6.07) is 21.9. The molecule has 1 N–H and O–H groups in total. The Labute approximate surface area is 175 Å². The molecule has 3 aromatic carbocycles. The van der Waals surface area contributed by atoms with E-state index in [2.05, 4.69) is 35.6 Å². The lowest BCUT2D eigenvalue weighted by Gasteiger charge is -2.32. The molecule has 2 aliphatic rings. The maximum Gasteiger partial charge on any atom is 0.267 e. The molecule has 0 bridgehead atoms. The van der Waals surface area contributed by atoms with Gasteiger partial charge in [-0.05, 0) is 59.9 Å². The number of anilines is 2. The summed E-state index contributed by atoms with van der Waals surface area (Å²) in [6.07, 6.45) is 0.539. The van der Waals surface area contributed by atoms with E-state index >= 15 is 0 Å². The third-order valence-electron chi connectivity index (χ3n) is 5.71. The summed E-state index contributed by atoms with van der Waals surface area (Å²) in [4.78, 5) is 26.8. The molecule has 2 amide bonds. The molecule has 30 heavy (non-hydrogen) atoms. The minimum Gasteiger partial charge on any atom is -0.479 e. The van der Waals surface area contributed by atoms with Gasteiger partial charge in [0.05, 0.1) is 5.69 Å². The van der Waals surface area contributed by atoms with Crippen molar-refractivity contribution in [3.8, 4) is 16.9 Å². The van der Waals surface area contributed by atoms with Crippen molar-refractivity contribution in [2.24, 2.45) is 0 Å². The summed E-state index contributed by atoms with van der Waals surface area (Å²) < 4.78 is 5.65. The molecule has 0 aromatic heterocycles. The molecular weight excluding hydrogens is 376 g/mol. The van der Waals surface area contributed by atoms with Crippen LogP contribution < -0.4 is 15.0 Å². The number of hydrogen-bond donors (Lipinski definition) is 1. The Morgan fingerprint density at radius 3 is 2.70 bits per heavy atom. The predicted molar refractivity (Wildman–Crippen MR) is 117 cm³/mol. The first-order valence-electron chi connectivity index (χ1n) is 10.2. The summed E-state index contributed by atoms with van der Waals surface area (Å²) in [7, 11) is 0. The SMILES string of the molecule is CC1Oc2ccccc2N(CCC(=O)Nc2ccc3c(c2)Cc2ccccc2-3)C1=O. The number of carbonyl (C=O) groups excluding carboxylic acids is 2. The van der Waals surface area contributed by atoms with Crippen LogP contribution in [-0.4, -0.2) is 24.5 Å². The van der Waals surface area contributed by atoms with Gasteiger partial charge in [-0.3, -0.25) is 9.59 Å². The highest BCUT2D eigenvalue weighted by Gasteiger charge is 2.31. The van der Waals surface area contributed by atoms with Crippen molar-refractivity contribution in [3.05, 3.63) is 77.9 Å². The number of amides is 2. The first kappa shape index (κ1) is 18.4. The van der Waals surface area contributed by atoms with E-state index in [1.807, 2.05) is 36.4 Å². The second kappa shape index (κ2) is 7.34. The third-order valence-corrected chi connectivity index (χ3v) is 5.71. The molecule has 1 atom stereocenters. The Morgan fingerprint density at radius 1 is 1.03 bits per heavy atom. The predicted octanol–water partition coefficient (Wildman–Crippen LogP) is 4.40. The average Bonchev–Trinajstić information content (AvgIpc) is 3.12. The van der Waals surface area contributed by atoms with Crippen molar-refractivity contribution < 1.29 is 14.3 Å². The van der Waals surface area contributed by atoms with Crippen LogP contribution in [0.2, 0.25) is 0 Å². The molecule has 1 unspecified atom stereocenters. The topological polar surface area (TPSA) is 58.6 Å². The van der Waals surface area contributed by atoms with Crippen LogP contribution in [0.25, 0.3) is 11.1 Å². The van der Waals surface area contributed by atoms with Gasteiger partial charge in [0.1, 0.15) is 5.75 Å². The molecule has 5 nitrogen and oxygen atoms in total.